The summed E-state index contributed by atoms with van der Waals surface area (Å²) in [5, 5.41) is 11.6. The monoisotopic (exact) mass is 362 g/mol. The number of rotatable bonds is 4. The molecule has 0 unspecified atom stereocenters. The number of hydrogen-bond donors (Lipinski definition) is 2. The van der Waals surface area contributed by atoms with Gasteiger partial charge in [-0.05, 0) is 49.4 Å². The molecule has 0 saturated carbocycles. The van der Waals surface area contributed by atoms with E-state index in [1.165, 1.54) is 12.1 Å². The van der Waals surface area contributed by atoms with Gasteiger partial charge in [-0.3, -0.25) is 30.7 Å². The summed E-state index contributed by atoms with van der Waals surface area (Å²) < 4.78 is 0. The average molecular weight is 362 g/mol. The summed E-state index contributed by atoms with van der Waals surface area (Å²) in [5.74, 6) is -0.231. The van der Waals surface area contributed by atoms with Crippen molar-refractivity contribution in [2.24, 2.45) is 0 Å². The van der Waals surface area contributed by atoms with Crippen molar-refractivity contribution in [3.63, 3.8) is 0 Å². The lowest BCUT2D eigenvalue weighted by atomic mass is 9.89. The van der Waals surface area contributed by atoms with Crippen LogP contribution in [0.2, 0.25) is 0 Å². The molecule has 0 bridgehead atoms. The number of anilines is 1. The van der Waals surface area contributed by atoms with E-state index in [0.29, 0.717) is 11.3 Å². The highest BCUT2D eigenvalue weighted by atomic mass is 16.6. The number of nitro benzene ring substituents is 1. The number of pyridine rings is 1. The first-order chi connectivity index (χ1) is 13.1. The Morgan fingerprint density at radius 3 is 2.56 bits per heavy atom. The van der Waals surface area contributed by atoms with Gasteiger partial charge in [-0.2, -0.15) is 0 Å². The second kappa shape index (κ2) is 7.03. The molecular weight excluding hydrogens is 344 g/mol. The summed E-state index contributed by atoms with van der Waals surface area (Å²) >= 11 is 0. The van der Waals surface area contributed by atoms with Gasteiger partial charge in [0.25, 0.3) is 11.6 Å². The highest BCUT2D eigenvalue weighted by molar-refractivity contribution is 6.08. The summed E-state index contributed by atoms with van der Waals surface area (Å²) in [6.45, 7) is 0. The molecule has 0 spiro atoms. The van der Waals surface area contributed by atoms with E-state index in [1.54, 1.807) is 12.1 Å². The van der Waals surface area contributed by atoms with Crippen LogP contribution < -0.4 is 10.9 Å². The molecule has 7 heteroatoms. The zero-order valence-corrected chi connectivity index (χ0v) is 14.6. The minimum atomic E-state index is -0.461. The normalized spacial score (nSPS) is 13.0. The summed E-state index contributed by atoms with van der Waals surface area (Å²) in [6.07, 6.45) is 3.85. The molecule has 0 atom stereocenters. The largest absolute Gasteiger partial charge is 0.298 e. The van der Waals surface area contributed by atoms with E-state index < -0.39 is 4.92 Å². The molecule has 0 saturated heterocycles. The lowest BCUT2D eigenvalue weighted by molar-refractivity contribution is -0.384. The van der Waals surface area contributed by atoms with Crippen LogP contribution in [0.25, 0.3) is 10.9 Å². The molecule has 2 N–H and O–H groups in total. The Morgan fingerprint density at radius 2 is 1.78 bits per heavy atom. The van der Waals surface area contributed by atoms with Gasteiger partial charge in [0, 0.05) is 23.2 Å². The molecule has 0 fully saturated rings. The van der Waals surface area contributed by atoms with E-state index >= 15 is 0 Å². The number of nitrogens with zero attached hydrogens (tertiary/aromatic N) is 2. The van der Waals surface area contributed by atoms with E-state index in [9.17, 15) is 14.9 Å². The fraction of sp³-hybridized carbons (Fsp3) is 0.200. The number of aryl methyl sites for hydroxylation is 1. The number of aromatic nitrogens is 1. The third-order valence-electron chi connectivity index (χ3n) is 4.79. The molecule has 1 aliphatic rings. The Bertz CT molecular complexity index is 1030. The van der Waals surface area contributed by atoms with Crippen LogP contribution in [0.5, 0.6) is 0 Å². The number of fused-ring (bicyclic) bond motifs is 2. The lowest BCUT2D eigenvalue weighted by Crippen LogP contribution is -2.31. The first kappa shape index (κ1) is 17.0. The molecule has 0 radical (unpaired) electrons. The standard InChI is InChI=1S/C20H18N4O3/c25-20(23-22-13-9-11-14(12-10-13)24(26)27)19-15-5-1-3-7-17(15)21-18-8-4-2-6-16(18)19/h1,3,5,7,9-12,22H,2,4,6,8H2,(H,23,25). The maximum Gasteiger partial charge on any atom is 0.270 e. The molecule has 2 aromatic carbocycles. The summed E-state index contributed by atoms with van der Waals surface area (Å²) in [5.41, 5.74) is 9.62. The molecule has 0 aliphatic heterocycles. The Morgan fingerprint density at radius 1 is 1.04 bits per heavy atom. The molecular formula is C20H18N4O3. The Balaban J connectivity index is 1.63. The van der Waals surface area contributed by atoms with Gasteiger partial charge in [-0.1, -0.05) is 18.2 Å². The SMILES string of the molecule is O=C(NNc1ccc([N+](=O)[O-])cc1)c1c2c(nc3ccccc13)CCCC2. The Labute approximate surface area is 155 Å². The van der Waals surface area contributed by atoms with Crippen molar-refractivity contribution in [3.8, 4) is 0 Å². The number of benzene rings is 2. The maximum atomic E-state index is 13.0. The van der Waals surface area contributed by atoms with E-state index in [-0.39, 0.29) is 11.6 Å². The highest BCUT2D eigenvalue weighted by Gasteiger charge is 2.22. The fourth-order valence-electron chi connectivity index (χ4n) is 3.49. The van der Waals surface area contributed by atoms with E-state index in [1.807, 2.05) is 24.3 Å². The van der Waals surface area contributed by atoms with E-state index in [0.717, 1.165) is 47.8 Å². The number of nitrogens with one attached hydrogen (secondary N) is 2. The van der Waals surface area contributed by atoms with Crippen molar-refractivity contribution in [2.75, 3.05) is 5.43 Å². The van der Waals surface area contributed by atoms with Crippen LogP contribution in [0.1, 0.15) is 34.5 Å². The topological polar surface area (TPSA) is 97.2 Å². The summed E-state index contributed by atoms with van der Waals surface area (Å²) in [4.78, 5) is 28.0. The Hall–Kier alpha value is -3.48. The molecule has 1 aliphatic carbocycles. The zero-order valence-electron chi connectivity index (χ0n) is 14.6. The molecule has 1 amide bonds. The van der Waals surface area contributed by atoms with Crippen LogP contribution in [-0.4, -0.2) is 15.8 Å². The number of carbonyl (C=O) groups is 1. The third kappa shape index (κ3) is 3.31. The second-order valence-electron chi connectivity index (χ2n) is 6.52. The van der Waals surface area contributed by atoms with Crippen LogP contribution in [0.4, 0.5) is 11.4 Å². The molecule has 1 heterocycles. The zero-order chi connectivity index (χ0) is 18.8. The average Bonchev–Trinajstić information content (AvgIpc) is 2.70. The molecule has 3 aromatic rings. The van der Waals surface area contributed by atoms with Gasteiger partial charge in [-0.25, -0.2) is 0 Å². The van der Waals surface area contributed by atoms with Crippen molar-refractivity contribution in [1.82, 2.24) is 10.4 Å². The predicted molar refractivity (Wildman–Crippen MR) is 103 cm³/mol. The summed E-state index contributed by atoms with van der Waals surface area (Å²) in [6, 6.07) is 13.5. The number of non-ortho nitro benzene ring substituents is 1. The minimum Gasteiger partial charge on any atom is -0.298 e. The summed E-state index contributed by atoms with van der Waals surface area (Å²) in [7, 11) is 0. The molecule has 1 aromatic heterocycles. The van der Waals surface area contributed by atoms with Crippen LogP contribution in [-0.2, 0) is 12.8 Å². The van der Waals surface area contributed by atoms with Crippen molar-refractivity contribution >= 4 is 28.2 Å². The van der Waals surface area contributed by atoms with Gasteiger partial charge >= 0.3 is 0 Å². The smallest absolute Gasteiger partial charge is 0.270 e. The number of carbonyl (C=O) groups excluding carboxylic acids is 1. The van der Waals surface area contributed by atoms with Crippen molar-refractivity contribution < 1.29 is 9.72 Å². The maximum absolute atomic E-state index is 13.0. The molecule has 7 nitrogen and oxygen atoms in total. The van der Waals surface area contributed by atoms with Crippen LogP contribution in [0, 0.1) is 10.1 Å². The van der Waals surface area contributed by atoms with E-state index in [4.69, 9.17) is 4.98 Å². The first-order valence-corrected chi connectivity index (χ1v) is 8.85. The van der Waals surface area contributed by atoms with Crippen LogP contribution in [0.15, 0.2) is 48.5 Å². The number of nitro groups is 1. The highest BCUT2D eigenvalue weighted by Crippen LogP contribution is 2.29. The number of para-hydroxylation sites is 1. The molecule has 4 rings (SSSR count). The number of hydrazine groups is 1. The van der Waals surface area contributed by atoms with Crippen molar-refractivity contribution in [1.29, 1.82) is 0 Å². The van der Waals surface area contributed by atoms with Gasteiger partial charge in [-0.15, -0.1) is 0 Å². The minimum absolute atomic E-state index is 0.000994. The first-order valence-electron chi connectivity index (χ1n) is 8.85. The molecule has 27 heavy (non-hydrogen) atoms. The fourth-order valence-corrected chi connectivity index (χ4v) is 3.49. The predicted octanol–water partition coefficient (Wildman–Crippen LogP) is 3.78. The van der Waals surface area contributed by atoms with Crippen molar-refractivity contribution in [2.45, 2.75) is 25.7 Å². The lowest BCUT2D eigenvalue weighted by Gasteiger charge is -2.20. The third-order valence-corrected chi connectivity index (χ3v) is 4.79. The molecule has 136 valence electrons. The van der Waals surface area contributed by atoms with Gasteiger partial charge in [0.05, 0.1) is 21.7 Å². The number of amides is 1. The Kier molecular flexibility index (Phi) is 4.42. The van der Waals surface area contributed by atoms with Gasteiger partial charge in [0.1, 0.15) is 0 Å². The van der Waals surface area contributed by atoms with Crippen LogP contribution >= 0.6 is 0 Å². The van der Waals surface area contributed by atoms with E-state index in [2.05, 4.69) is 10.9 Å². The van der Waals surface area contributed by atoms with Crippen LogP contribution in [0.3, 0.4) is 0 Å². The van der Waals surface area contributed by atoms with Gasteiger partial charge in [0.15, 0.2) is 0 Å². The number of hydrogen-bond acceptors (Lipinski definition) is 5. The quantitative estimate of drug-likeness (QED) is 0.544. The van der Waals surface area contributed by atoms with Crippen molar-refractivity contribution in [3.05, 3.63) is 75.5 Å². The second-order valence-corrected chi connectivity index (χ2v) is 6.52. The van der Waals surface area contributed by atoms with Gasteiger partial charge in [0.2, 0.25) is 0 Å². The van der Waals surface area contributed by atoms with Gasteiger partial charge < -0.3 is 0 Å².